The van der Waals surface area contributed by atoms with Gasteiger partial charge in [0, 0.05) is 17.3 Å². The largest absolute Gasteiger partial charge is 0.361 e. The van der Waals surface area contributed by atoms with Gasteiger partial charge in [0.15, 0.2) is 5.13 Å². The van der Waals surface area contributed by atoms with E-state index in [0.29, 0.717) is 5.92 Å². The zero-order valence-electron chi connectivity index (χ0n) is 9.92. The summed E-state index contributed by atoms with van der Waals surface area (Å²) in [6.45, 7) is 5.22. The molecule has 1 fully saturated rings. The summed E-state index contributed by atoms with van der Waals surface area (Å²) in [4.78, 5) is 5.80. The van der Waals surface area contributed by atoms with Crippen LogP contribution in [0.4, 0.5) is 5.13 Å². The third kappa shape index (κ3) is 2.69. The molecule has 0 aliphatic heterocycles. The zero-order valence-corrected chi connectivity index (χ0v) is 11.5. The fourth-order valence-electron chi connectivity index (χ4n) is 2.35. The Bertz CT molecular complexity index is 331. The van der Waals surface area contributed by atoms with Gasteiger partial charge in [-0.3, -0.25) is 0 Å². The van der Waals surface area contributed by atoms with Crippen LogP contribution in [0.2, 0.25) is 0 Å². The van der Waals surface area contributed by atoms with Crippen molar-refractivity contribution in [2.24, 2.45) is 11.8 Å². The Kier molecular flexibility index (Phi) is 4.09. The maximum absolute atomic E-state index is 5.97. The number of aromatic nitrogens is 1. The minimum Gasteiger partial charge on any atom is -0.361 e. The van der Waals surface area contributed by atoms with Crippen LogP contribution in [0, 0.1) is 25.7 Å². The van der Waals surface area contributed by atoms with Crippen LogP contribution in [0.1, 0.15) is 29.8 Å². The molecule has 0 bridgehead atoms. The molecule has 0 aromatic carbocycles. The molecule has 0 amide bonds. The summed E-state index contributed by atoms with van der Waals surface area (Å²) in [5, 5.41) is 4.53. The Hall–Kier alpha value is -0.280. The van der Waals surface area contributed by atoms with E-state index in [9.17, 15) is 0 Å². The van der Waals surface area contributed by atoms with E-state index in [1.807, 2.05) is 0 Å². The number of rotatable bonds is 4. The molecule has 2 unspecified atom stereocenters. The first kappa shape index (κ1) is 12.2. The first-order valence-electron chi connectivity index (χ1n) is 5.94. The van der Waals surface area contributed by atoms with Gasteiger partial charge in [-0.05, 0) is 38.5 Å². The van der Waals surface area contributed by atoms with Gasteiger partial charge in [-0.2, -0.15) is 0 Å². The van der Waals surface area contributed by atoms with Crippen molar-refractivity contribution in [2.75, 3.05) is 17.7 Å². The van der Waals surface area contributed by atoms with E-state index in [1.165, 1.54) is 24.1 Å². The summed E-state index contributed by atoms with van der Waals surface area (Å²) >= 11 is 7.72. The molecule has 16 heavy (non-hydrogen) atoms. The molecule has 0 saturated heterocycles. The summed E-state index contributed by atoms with van der Waals surface area (Å²) < 4.78 is 0. The molecule has 1 saturated carbocycles. The highest BCUT2D eigenvalue weighted by molar-refractivity contribution is 7.15. The van der Waals surface area contributed by atoms with Crippen molar-refractivity contribution < 1.29 is 0 Å². The SMILES string of the molecule is Cc1nc(NCC2CCCC2CCl)sc1C. The second-order valence-corrected chi connectivity index (χ2v) is 6.16. The minimum absolute atomic E-state index is 0.705. The smallest absolute Gasteiger partial charge is 0.183 e. The molecule has 0 spiro atoms. The number of nitrogens with zero attached hydrogens (tertiary/aromatic N) is 1. The quantitative estimate of drug-likeness (QED) is 0.831. The molecule has 1 N–H and O–H groups in total. The summed E-state index contributed by atoms with van der Waals surface area (Å²) in [5.41, 5.74) is 1.15. The molecule has 2 atom stereocenters. The molecule has 4 heteroatoms. The average molecular weight is 259 g/mol. The minimum atomic E-state index is 0.705. The van der Waals surface area contributed by atoms with Crippen molar-refractivity contribution in [1.82, 2.24) is 4.98 Å². The number of halogens is 1. The molecule has 2 nitrogen and oxygen atoms in total. The van der Waals surface area contributed by atoms with Crippen molar-refractivity contribution in [3.05, 3.63) is 10.6 Å². The van der Waals surface area contributed by atoms with Crippen LogP contribution in [0.15, 0.2) is 0 Å². The first-order chi connectivity index (χ1) is 7.70. The molecular formula is C12H19ClN2S. The summed E-state index contributed by atoms with van der Waals surface area (Å²) in [7, 11) is 0. The number of hydrogen-bond donors (Lipinski definition) is 1. The monoisotopic (exact) mass is 258 g/mol. The van der Waals surface area contributed by atoms with E-state index < -0.39 is 0 Å². The van der Waals surface area contributed by atoms with E-state index in [-0.39, 0.29) is 0 Å². The molecule has 1 aliphatic carbocycles. The van der Waals surface area contributed by atoms with E-state index in [0.717, 1.165) is 29.2 Å². The highest BCUT2D eigenvalue weighted by Gasteiger charge is 2.26. The van der Waals surface area contributed by atoms with Crippen molar-refractivity contribution in [1.29, 1.82) is 0 Å². The van der Waals surface area contributed by atoms with Gasteiger partial charge in [0.1, 0.15) is 0 Å². The maximum atomic E-state index is 5.97. The molecule has 0 radical (unpaired) electrons. The van der Waals surface area contributed by atoms with Crippen LogP contribution in [-0.4, -0.2) is 17.4 Å². The lowest BCUT2D eigenvalue weighted by molar-refractivity contribution is 0.444. The molecule has 1 aromatic rings. The number of thiazole rings is 1. The molecule has 2 rings (SSSR count). The van der Waals surface area contributed by atoms with E-state index in [1.54, 1.807) is 11.3 Å². The van der Waals surface area contributed by atoms with Crippen molar-refractivity contribution >= 4 is 28.1 Å². The maximum Gasteiger partial charge on any atom is 0.183 e. The van der Waals surface area contributed by atoms with Crippen molar-refractivity contribution in [2.45, 2.75) is 33.1 Å². The van der Waals surface area contributed by atoms with Crippen LogP contribution < -0.4 is 5.32 Å². The highest BCUT2D eigenvalue weighted by atomic mass is 35.5. The lowest BCUT2D eigenvalue weighted by Gasteiger charge is -2.17. The third-order valence-electron chi connectivity index (χ3n) is 3.56. The number of hydrogen-bond acceptors (Lipinski definition) is 3. The average Bonchev–Trinajstić information content (AvgIpc) is 2.83. The van der Waals surface area contributed by atoms with Gasteiger partial charge in [0.25, 0.3) is 0 Å². The van der Waals surface area contributed by atoms with Gasteiger partial charge in [-0.1, -0.05) is 6.42 Å². The Morgan fingerprint density at radius 2 is 2.12 bits per heavy atom. The van der Waals surface area contributed by atoms with Crippen LogP contribution >= 0.6 is 22.9 Å². The van der Waals surface area contributed by atoms with E-state index in [2.05, 4.69) is 24.1 Å². The Balaban J connectivity index is 1.87. The molecular weight excluding hydrogens is 240 g/mol. The van der Waals surface area contributed by atoms with Crippen LogP contribution in [0.3, 0.4) is 0 Å². The lowest BCUT2D eigenvalue weighted by Crippen LogP contribution is -2.19. The van der Waals surface area contributed by atoms with Crippen LogP contribution in [0.5, 0.6) is 0 Å². The third-order valence-corrected chi connectivity index (χ3v) is 4.99. The number of nitrogens with one attached hydrogen (secondary N) is 1. The fourth-order valence-corrected chi connectivity index (χ4v) is 3.58. The predicted molar refractivity (Wildman–Crippen MR) is 71.6 cm³/mol. The highest BCUT2D eigenvalue weighted by Crippen LogP contribution is 2.33. The lowest BCUT2D eigenvalue weighted by atomic mass is 9.98. The van der Waals surface area contributed by atoms with Gasteiger partial charge < -0.3 is 5.32 Å². The summed E-state index contributed by atoms with van der Waals surface area (Å²) in [6, 6.07) is 0. The topological polar surface area (TPSA) is 24.9 Å². The summed E-state index contributed by atoms with van der Waals surface area (Å²) in [5.74, 6) is 2.25. The zero-order chi connectivity index (χ0) is 11.5. The predicted octanol–water partition coefficient (Wildman–Crippen LogP) is 3.83. The van der Waals surface area contributed by atoms with Gasteiger partial charge in [-0.15, -0.1) is 22.9 Å². The number of alkyl halides is 1. The Morgan fingerprint density at radius 3 is 2.75 bits per heavy atom. The van der Waals surface area contributed by atoms with Gasteiger partial charge >= 0.3 is 0 Å². The second kappa shape index (κ2) is 5.37. The van der Waals surface area contributed by atoms with E-state index >= 15 is 0 Å². The van der Waals surface area contributed by atoms with Crippen molar-refractivity contribution in [3.8, 4) is 0 Å². The molecule has 1 heterocycles. The fraction of sp³-hybridized carbons (Fsp3) is 0.750. The second-order valence-electron chi connectivity index (χ2n) is 4.65. The van der Waals surface area contributed by atoms with Crippen molar-refractivity contribution in [3.63, 3.8) is 0 Å². The first-order valence-corrected chi connectivity index (χ1v) is 7.29. The molecule has 1 aromatic heterocycles. The Morgan fingerprint density at radius 1 is 1.38 bits per heavy atom. The Labute approximate surface area is 106 Å². The number of anilines is 1. The number of aryl methyl sites for hydroxylation is 2. The normalized spacial score (nSPS) is 24.9. The molecule has 1 aliphatic rings. The molecule has 90 valence electrons. The van der Waals surface area contributed by atoms with Gasteiger partial charge in [0.2, 0.25) is 0 Å². The standard InChI is InChI=1S/C12H19ClN2S/c1-8-9(2)16-12(15-8)14-7-11-5-3-4-10(11)6-13/h10-11H,3-7H2,1-2H3,(H,14,15). The van der Waals surface area contributed by atoms with Gasteiger partial charge in [-0.25, -0.2) is 4.98 Å². The summed E-state index contributed by atoms with van der Waals surface area (Å²) in [6.07, 6.45) is 3.94. The van der Waals surface area contributed by atoms with Crippen LogP contribution in [-0.2, 0) is 0 Å². The van der Waals surface area contributed by atoms with Gasteiger partial charge in [0.05, 0.1) is 5.69 Å². The van der Waals surface area contributed by atoms with E-state index in [4.69, 9.17) is 11.6 Å². The van der Waals surface area contributed by atoms with Crippen LogP contribution in [0.25, 0.3) is 0 Å².